The number of aromatic amines is 1. The van der Waals surface area contributed by atoms with Crippen molar-refractivity contribution in [2.24, 2.45) is 5.73 Å². The van der Waals surface area contributed by atoms with E-state index in [2.05, 4.69) is 31.6 Å². The fourth-order valence-electron chi connectivity index (χ4n) is 6.42. The fraction of sp³-hybridized carbons (Fsp3) is 0.386. The summed E-state index contributed by atoms with van der Waals surface area (Å²) in [6.45, 7) is 5.19. The molecular formula is C44H54FN7O9. The van der Waals surface area contributed by atoms with E-state index in [1.54, 1.807) is 69.4 Å². The molecule has 4 atom stereocenters. The number of para-hydroxylation sites is 1. The summed E-state index contributed by atoms with van der Waals surface area (Å²) in [5.74, 6) is -5.63. The van der Waals surface area contributed by atoms with Gasteiger partial charge in [-0.1, -0.05) is 60.7 Å². The Morgan fingerprint density at radius 1 is 0.738 bits per heavy atom. The molecule has 1 heterocycles. The van der Waals surface area contributed by atoms with Crippen molar-refractivity contribution < 1.29 is 47.8 Å². The van der Waals surface area contributed by atoms with Crippen LogP contribution in [0, 0.1) is 5.82 Å². The largest absolute Gasteiger partial charge is 0.481 e. The molecule has 9 N–H and O–H groups in total. The second-order valence-electron chi connectivity index (χ2n) is 15.6. The van der Waals surface area contributed by atoms with Crippen LogP contribution < -0.4 is 32.3 Å². The Kier molecular flexibility index (Phi) is 17.3. The zero-order chi connectivity index (χ0) is 44.5. The lowest BCUT2D eigenvalue weighted by molar-refractivity contribution is -0.141. The summed E-state index contributed by atoms with van der Waals surface area (Å²) in [7, 11) is 0. The number of benzene rings is 3. The van der Waals surface area contributed by atoms with Crippen LogP contribution in [0.5, 0.6) is 0 Å². The number of rotatable bonds is 22. The Morgan fingerprint density at radius 3 is 2.03 bits per heavy atom. The molecule has 0 aliphatic carbocycles. The molecule has 17 heteroatoms. The molecule has 4 aromatic rings. The molecule has 61 heavy (non-hydrogen) atoms. The zero-order valence-corrected chi connectivity index (χ0v) is 34.4. The second kappa shape index (κ2) is 22.6. The van der Waals surface area contributed by atoms with Crippen molar-refractivity contribution in [1.82, 2.24) is 31.6 Å². The number of nitrogens with two attached hydrogens (primary N) is 1. The molecule has 4 rings (SSSR count). The number of fused-ring (bicyclic) bond motifs is 1. The third-order valence-electron chi connectivity index (χ3n) is 9.49. The van der Waals surface area contributed by atoms with E-state index in [1.165, 1.54) is 12.1 Å². The van der Waals surface area contributed by atoms with E-state index in [0.29, 0.717) is 24.0 Å². The Morgan fingerprint density at radius 2 is 1.36 bits per heavy atom. The topological polar surface area (TPSA) is 251 Å². The minimum Gasteiger partial charge on any atom is -0.481 e. The van der Waals surface area contributed by atoms with Gasteiger partial charge in [0.1, 0.15) is 35.6 Å². The van der Waals surface area contributed by atoms with Gasteiger partial charge in [-0.05, 0) is 81.3 Å². The molecule has 0 aliphatic heterocycles. The van der Waals surface area contributed by atoms with Gasteiger partial charge < -0.3 is 47.1 Å². The van der Waals surface area contributed by atoms with Crippen molar-refractivity contribution in [3.05, 3.63) is 108 Å². The van der Waals surface area contributed by atoms with Crippen LogP contribution in [0.25, 0.3) is 10.9 Å². The average Bonchev–Trinajstić information content (AvgIpc) is 3.61. The van der Waals surface area contributed by atoms with Crippen LogP contribution in [0.1, 0.15) is 69.6 Å². The summed E-state index contributed by atoms with van der Waals surface area (Å²) in [6, 6.07) is 16.3. The summed E-state index contributed by atoms with van der Waals surface area (Å²) in [6.07, 6.45) is 1.06. The number of aryl methyl sites for hydroxylation is 1. The van der Waals surface area contributed by atoms with Crippen LogP contribution in [0.2, 0.25) is 0 Å². The molecule has 3 aromatic carbocycles. The van der Waals surface area contributed by atoms with E-state index in [-0.39, 0.29) is 50.4 Å². The predicted octanol–water partition coefficient (Wildman–Crippen LogP) is 3.32. The van der Waals surface area contributed by atoms with Crippen LogP contribution in [-0.2, 0) is 52.8 Å². The quantitative estimate of drug-likeness (QED) is 0.0540. The number of H-pyrrole nitrogens is 1. The number of carboxylic acid groups (broad SMARTS) is 1. The molecule has 16 nitrogen and oxygen atoms in total. The van der Waals surface area contributed by atoms with Gasteiger partial charge in [0.05, 0.1) is 6.42 Å². The van der Waals surface area contributed by atoms with Crippen molar-refractivity contribution >= 4 is 52.5 Å². The number of halogens is 1. The number of carboxylic acids is 1. The smallest absolute Gasteiger partial charge is 0.408 e. The van der Waals surface area contributed by atoms with Gasteiger partial charge in [-0.2, -0.15) is 0 Å². The van der Waals surface area contributed by atoms with E-state index in [9.17, 15) is 43.1 Å². The van der Waals surface area contributed by atoms with Gasteiger partial charge in [0.25, 0.3) is 0 Å². The van der Waals surface area contributed by atoms with E-state index in [1.807, 2.05) is 24.3 Å². The molecule has 0 radical (unpaired) electrons. The standard InChI is InChI=1S/C44H54FN7O9/c1-44(2,3)61-43(60)52-35(24-29-26-48-32-14-8-7-13-31(29)32)41(58)49-33(15-9-10-22-47-37(53)21-18-27-16-19-30(45)20-17-27)40(57)51-36(25-38(54)55)42(59)50-34(39(46)56)23-28-11-5-4-6-12-28/h4-8,11-14,16-17,19-20,26,33-36,48H,9-10,15,18,21-25H2,1-3H3,(H2,46,56)(H,47,53)(H,49,58)(H,50,59)(H,51,57)(H,52,60)(H,54,55)/t33-,34-,35-,36-/m0/s1. The number of nitrogens with one attached hydrogen (secondary N) is 6. The number of primary amides is 1. The highest BCUT2D eigenvalue weighted by Gasteiger charge is 2.33. The van der Waals surface area contributed by atoms with Gasteiger partial charge in [-0.25, -0.2) is 9.18 Å². The number of amides is 6. The number of carbonyl (C=O) groups excluding carboxylic acids is 6. The highest BCUT2D eigenvalue weighted by atomic mass is 19.1. The predicted molar refractivity (Wildman–Crippen MR) is 224 cm³/mol. The monoisotopic (exact) mass is 843 g/mol. The molecule has 6 amide bonds. The number of alkyl carbamates (subject to hydrolysis) is 1. The lowest BCUT2D eigenvalue weighted by atomic mass is 10.0. The molecule has 0 unspecified atom stereocenters. The van der Waals surface area contributed by atoms with Gasteiger partial charge in [0, 0.05) is 42.9 Å². The van der Waals surface area contributed by atoms with Crippen molar-refractivity contribution in [3.8, 4) is 0 Å². The molecule has 0 spiro atoms. The van der Waals surface area contributed by atoms with Crippen LogP contribution in [0.15, 0.2) is 85.1 Å². The van der Waals surface area contributed by atoms with Gasteiger partial charge in [-0.15, -0.1) is 0 Å². The average molecular weight is 844 g/mol. The van der Waals surface area contributed by atoms with E-state index in [0.717, 1.165) is 16.5 Å². The minimum atomic E-state index is -1.69. The van der Waals surface area contributed by atoms with E-state index < -0.39 is 71.9 Å². The maximum Gasteiger partial charge on any atom is 0.408 e. The Hall–Kier alpha value is -6.78. The first-order valence-electron chi connectivity index (χ1n) is 20.0. The number of ether oxygens (including phenoxy) is 1. The highest BCUT2D eigenvalue weighted by molar-refractivity contribution is 5.97. The van der Waals surface area contributed by atoms with Gasteiger partial charge in [-0.3, -0.25) is 28.8 Å². The Balaban J connectivity index is 1.51. The summed E-state index contributed by atoms with van der Waals surface area (Å²) in [4.78, 5) is 94.6. The fourth-order valence-corrected chi connectivity index (χ4v) is 6.42. The lowest BCUT2D eigenvalue weighted by Crippen LogP contribution is -2.59. The van der Waals surface area contributed by atoms with Crippen molar-refractivity contribution in [2.75, 3.05) is 6.54 Å². The first-order valence-corrected chi connectivity index (χ1v) is 20.0. The number of aliphatic carboxylic acids is 1. The maximum absolute atomic E-state index is 14.1. The normalized spacial score (nSPS) is 13.2. The maximum atomic E-state index is 14.1. The van der Waals surface area contributed by atoms with Crippen molar-refractivity contribution in [1.29, 1.82) is 0 Å². The van der Waals surface area contributed by atoms with Crippen LogP contribution >= 0.6 is 0 Å². The molecule has 0 fully saturated rings. The number of carbonyl (C=O) groups is 7. The highest BCUT2D eigenvalue weighted by Crippen LogP contribution is 2.20. The summed E-state index contributed by atoms with van der Waals surface area (Å²) < 4.78 is 18.7. The lowest BCUT2D eigenvalue weighted by Gasteiger charge is -2.27. The molecule has 1 aromatic heterocycles. The molecule has 0 saturated carbocycles. The minimum absolute atomic E-state index is 0.000421. The molecular weight excluding hydrogens is 790 g/mol. The van der Waals surface area contributed by atoms with Crippen LogP contribution in [0.3, 0.4) is 0 Å². The molecule has 0 aliphatic rings. The van der Waals surface area contributed by atoms with Gasteiger partial charge >= 0.3 is 12.1 Å². The van der Waals surface area contributed by atoms with Gasteiger partial charge in [0.15, 0.2) is 0 Å². The van der Waals surface area contributed by atoms with E-state index >= 15 is 0 Å². The number of hydrogen-bond acceptors (Lipinski definition) is 8. The third-order valence-corrected chi connectivity index (χ3v) is 9.49. The first kappa shape index (κ1) is 46.9. The number of unbranched alkanes of at least 4 members (excludes halogenated alkanes) is 1. The van der Waals surface area contributed by atoms with E-state index in [4.69, 9.17) is 10.5 Å². The zero-order valence-electron chi connectivity index (χ0n) is 34.4. The van der Waals surface area contributed by atoms with Gasteiger partial charge in [0.2, 0.25) is 29.5 Å². The molecule has 326 valence electrons. The Labute approximate surface area is 352 Å². The first-order chi connectivity index (χ1) is 29.0. The number of hydrogen-bond donors (Lipinski definition) is 8. The summed E-state index contributed by atoms with van der Waals surface area (Å²) in [5, 5.41) is 23.5. The van der Waals surface area contributed by atoms with Crippen LogP contribution in [0.4, 0.5) is 9.18 Å². The number of aromatic nitrogens is 1. The molecule has 0 bridgehead atoms. The summed E-state index contributed by atoms with van der Waals surface area (Å²) in [5.41, 5.74) is 7.60. The summed E-state index contributed by atoms with van der Waals surface area (Å²) >= 11 is 0. The SMILES string of the molecule is CC(C)(C)OC(=O)N[C@@H](Cc1c[nH]c2ccccc12)C(=O)N[C@@H](CCCCNC(=O)CCc1ccc(F)cc1)C(=O)N[C@@H](CC(=O)O)C(=O)N[C@@H](Cc1ccccc1)C(N)=O. The molecule has 0 saturated heterocycles. The third kappa shape index (κ3) is 16.1. The van der Waals surface area contributed by atoms with Crippen molar-refractivity contribution in [2.45, 2.75) is 102 Å². The Bertz CT molecular complexity index is 2140. The second-order valence-corrected chi connectivity index (χ2v) is 15.6. The van der Waals surface area contributed by atoms with Crippen molar-refractivity contribution in [3.63, 3.8) is 0 Å². The van der Waals surface area contributed by atoms with Crippen LogP contribution in [-0.4, -0.2) is 88.0 Å².